The van der Waals surface area contributed by atoms with E-state index >= 15 is 0 Å². The van der Waals surface area contributed by atoms with Crippen LogP contribution in [0, 0.1) is 0 Å². The quantitative estimate of drug-likeness (QED) is 0.121. The van der Waals surface area contributed by atoms with Gasteiger partial charge in [-0.25, -0.2) is 0 Å². The van der Waals surface area contributed by atoms with Crippen molar-refractivity contribution in [3.8, 4) is 0 Å². The molecule has 3 aliphatic rings. The van der Waals surface area contributed by atoms with E-state index in [1.165, 1.54) is 0 Å². The summed E-state index contributed by atoms with van der Waals surface area (Å²) in [5, 5.41) is 101. The van der Waals surface area contributed by atoms with Crippen LogP contribution in [0.4, 0.5) is 0 Å². The number of rotatable bonds is 6. The van der Waals surface area contributed by atoms with Crippen LogP contribution in [0.3, 0.4) is 0 Å². The minimum absolute atomic E-state index is 0.0784. The Kier molecular flexibility index (Phi) is 23.3. The van der Waals surface area contributed by atoms with Crippen molar-refractivity contribution in [2.45, 2.75) is 126 Å². The average molecular weight is 725 g/mol. The SMILES string of the molecule is CC(=O)O.CC(=O)O.CC(=O)O.CC(=O)O.NC[C@@H]1O[C@H](O[C@@H]2C(O)[C@H](O[C@H]3O[C@H](CN)[C@@H](O)[C@H](O)[C@H]3O)[C@@H](N)C[C@H]2N)[C@@H](O)[C@H](O)[C@H]1O. The van der Waals surface area contributed by atoms with Gasteiger partial charge in [-0.1, -0.05) is 0 Å². The number of carbonyl (C=O) groups is 4. The Balaban J connectivity index is 0. The number of carboxylic acid groups (broad SMARTS) is 4. The van der Waals surface area contributed by atoms with Gasteiger partial charge in [0.2, 0.25) is 0 Å². The first kappa shape index (κ1) is 48.4. The van der Waals surface area contributed by atoms with Gasteiger partial charge < -0.3 is 98.1 Å². The molecular formula is C26H52N4O19. The zero-order chi connectivity index (χ0) is 38.9. The van der Waals surface area contributed by atoms with Crippen LogP contribution in [-0.2, 0) is 38.1 Å². The first-order valence-corrected chi connectivity index (χ1v) is 14.5. The van der Waals surface area contributed by atoms with Gasteiger partial charge in [-0.15, -0.1) is 0 Å². The van der Waals surface area contributed by atoms with E-state index in [2.05, 4.69) is 0 Å². The van der Waals surface area contributed by atoms with Crippen molar-refractivity contribution < 1.29 is 94.3 Å². The second-order valence-electron chi connectivity index (χ2n) is 10.8. The molecule has 0 aromatic rings. The highest BCUT2D eigenvalue weighted by molar-refractivity contribution is 5.63. The summed E-state index contributed by atoms with van der Waals surface area (Å²) in [4.78, 5) is 36.0. The number of hydrogen-bond acceptors (Lipinski definition) is 19. The minimum Gasteiger partial charge on any atom is -0.481 e. The van der Waals surface area contributed by atoms with Crippen molar-refractivity contribution in [3.63, 3.8) is 0 Å². The Bertz CT molecular complexity index is 880. The molecular weight excluding hydrogens is 672 g/mol. The maximum atomic E-state index is 10.9. The molecule has 3 fully saturated rings. The van der Waals surface area contributed by atoms with Crippen LogP contribution in [0.5, 0.6) is 0 Å². The van der Waals surface area contributed by atoms with E-state index in [0.717, 1.165) is 27.7 Å². The third-order valence-corrected chi connectivity index (χ3v) is 6.45. The predicted octanol–water partition coefficient (Wildman–Crippen LogP) is -6.93. The van der Waals surface area contributed by atoms with E-state index in [1.807, 2.05) is 0 Å². The van der Waals surface area contributed by atoms with Crippen molar-refractivity contribution in [3.05, 3.63) is 0 Å². The molecule has 2 heterocycles. The third kappa shape index (κ3) is 17.7. The molecule has 15 atom stereocenters. The first-order chi connectivity index (χ1) is 22.4. The van der Waals surface area contributed by atoms with Gasteiger partial charge in [0.05, 0.1) is 0 Å². The highest BCUT2D eigenvalue weighted by atomic mass is 16.7. The van der Waals surface area contributed by atoms with Gasteiger partial charge in [-0.3, -0.25) is 19.2 Å². The number of ether oxygens (including phenoxy) is 4. The average Bonchev–Trinajstić information content (AvgIpc) is 2.96. The lowest BCUT2D eigenvalue weighted by Crippen LogP contribution is -2.68. The van der Waals surface area contributed by atoms with Crippen molar-refractivity contribution in [1.82, 2.24) is 0 Å². The number of nitrogens with two attached hydrogens (primary N) is 4. The summed E-state index contributed by atoms with van der Waals surface area (Å²) < 4.78 is 22.2. The van der Waals surface area contributed by atoms with Crippen LogP contribution in [0.25, 0.3) is 0 Å². The number of aliphatic hydroxyl groups is 7. The molecule has 1 aliphatic carbocycles. The van der Waals surface area contributed by atoms with Crippen LogP contribution in [0.15, 0.2) is 0 Å². The van der Waals surface area contributed by atoms with Crippen LogP contribution < -0.4 is 22.9 Å². The normalized spacial score (nSPS) is 38.2. The van der Waals surface area contributed by atoms with E-state index in [4.69, 9.17) is 81.5 Å². The van der Waals surface area contributed by atoms with Crippen LogP contribution in [0.1, 0.15) is 34.1 Å². The summed E-state index contributed by atoms with van der Waals surface area (Å²) in [5.41, 5.74) is 23.2. The molecule has 23 nitrogen and oxygen atoms in total. The van der Waals surface area contributed by atoms with Gasteiger partial charge in [0, 0.05) is 52.9 Å². The van der Waals surface area contributed by atoms with E-state index in [0.29, 0.717) is 0 Å². The highest BCUT2D eigenvalue weighted by Gasteiger charge is 2.51. The Hall–Kier alpha value is -2.72. The van der Waals surface area contributed by atoms with Crippen molar-refractivity contribution in [2.24, 2.45) is 22.9 Å². The first-order valence-electron chi connectivity index (χ1n) is 14.5. The second kappa shape index (κ2) is 23.6. The predicted molar refractivity (Wildman–Crippen MR) is 161 cm³/mol. The number of hydrogen-bond donors (Lipinski definition) is 15. The van der Waals surface area contributed by atoms with E-state index in [1.54, 1.807) is 0 Å². The van der Waals surface area contributed by atoms with Crippen molar-refractivity contribution >= 4 is 23.9 Å². The molecule has 1 unspecified atom stereocenters. The minimum atomic E-state index is -1.66. The molecule has 2 aliphatic heterocycles. The standard InChI is InChI=1S/C18H36N4O11.4C2H4O2/c19-2-6-8(23)10(25)12(27)17(30-6)32-15-4(21)1-5(22)16(14(15)29)33-18-13(28)11(26)9(24)7(3-20)31-18;4*1-2(3)4/h4-18,23-29H,1-3,19-22H2;4*1H3,(H,3,4)/t4-,5+,6+,7-,8+,9-,10-,11+,12+,13-,14?,15+,16-,17-,18-;;;;/m1..../s1. The topological polar surface area (TPSA) is 432 Å². The van der Waals surface area contributed by atoms with Gasteiger partial charge in [0.25, 0.3) is 23.9 Å². The molecule has 0 amide bonds. The number of aliphatic hydroxyl groups excluding tert-OH is 7. The Morgan fingerprint density at radius 1 is 0.531 bits per heavy atom. The second-order valence-corrected chi connectivity index (χ2v) is 10.8. The Labute approximate surface area is 280 Å². The zero-order valence-corrected chi connectivity index (χ0v) is 27.3. The molecule has 0 bridgehead atoms. The van der Waals surface area contributed by atoms with Crippen LogP contribution in [0.2, 0.25) is 0 Å². The summed E-state index contributed by atoms with van der Waals surface area (Å²) in [6.45, 7) is 3.99. The lowest BCUT2D eigenvalue weighted by Gasteiger charge is -2.48. The highest BCUT2D eigenvalue weighted by Crippen LogP contribution is 2.31. The molecule has 0 spiro atoms. The summed E-state index contributed by atoms with van der Waals surface area (Å²) in [5.74, 6) is -3.33. The molecule has 0 aromatic heterocycles. The Morgan fingerprint density at radius 3 is 1.00 bits per heavy atom. The van der Waals surface area contributed by atoms with E-state index < -0.39 is 116 Å². The molecule has 0 radical (unpaired) electrons. The third-order valence-electron chi connectivity index (χ3n) is 6.45. The molecule has 290 valence electrons. The molecule has 19 N–H and O–H groups in total. The zero-order valence-electron chi connectivity index (χ0n) is 27.3. The fourth-order valence-electron chi connectivity index (χ4n) is 4.40. The maximum absolute atomic E-state index is 10.9. The molecule has 2 saturated heterocycles. The van der Waals surface area contributed by atoms with Crippen molar-refractivity contribution in [1.29, 1.82) is 0 Å². The summed E-state index contributed by atoms with van der Waals surface area (Å²) in [6.07, 6.45) is -18.3. The maximum Gasteiger partial charge on any atom is 0.300 e. The fourth-order valence-corrected chi connectivity index (χ4v) is 4.40. The lowest BCUT2D eigenvalue weighted by molar-refractivity contribution is -0.336. The van der Waals surface area contributed by atoms with Gasteiger partial charge in [-0.05, 0) is 6.42 Å². The summed E-state index contributed by atoms with van der Waals surface area (Å²) in [6, 6.07) is -1.68. The number of carboxylic acids is 4. The molecule has 3 rings (SSSR count). The van der Waals surface area contributed by atoms with Crippen LogP contribution in [-0.4, -0.2) is 185 Å². The van der Waals surface area contributed by atoms with Gasteiger partial charge in [0.1, 0.15) is 67.1 Å². The monoisotopic (exact) mass is 724 g/mol. The smallest absolute Gasteiger partial charge is 0.300 e. The number of aliphatic carboxylic acids is 4. The molecule has 23 heteroatoms. The molecule has 1 saturated carbocycles. The summed E-state index contributed by atoms with van der Waals surface area (Å²) >= 11 is 0. The van der Waals surface area contributed by atoms with E-state index in [-0.39, 0.29) is 19.5 Å². The Morgan fingerprint density at radius 2 is 0.776 bits per heavy atom. The van der Waals surface area contributed by atoms with Gasteiger partial charge in [0.15, 0.2) is 12.6 Å². The van der Waals surface area contributed by atoms with Gasteiger partial charge >= 0.3 is 0 Å². The van der Waals surface area contributed by atoms with Gasteiger partial charge in [-0.2, -0.15) is 0 Å². The lowest BCUT2D eigenvalue weighted by atomic mass is 9.84. The molecule has 49 heavy (non-hydrogen) atoms. The van der Waals surface area contributed by atoms with Crippen molar-refractivity contribution in [2.75, 3.05) is 13.1 Å². The largest absolute Gasteiger partial charge is 0.481 e. The fraction of sp³-hybridized carbons (Fsp3) is 0.846. The molecule has 0 aromatic carbocycles. The van der Waals surface area contributed by atoms with E-state index in [9.17, 15) is 35.7 Å². The van der Waals surface area contributed by atoms with Crippen LogP contribution >= 0.6 is 0 Å². The summed E-state index contributed by atoms with van der Waals surface area (Å²) in [7, 11) is 0.